The van der Waals surface area contributed by atoms with E-state index in [4.69, 9.17) is 32.7 Å². The molecule has 1 amide bonds. The van der Waals surface area contributed by atoms with Gasteiger partial charge in [-0.05, 0) is 66.6 Å². The van der Waals surface area contributed by atoms with Gasteiger partial charge in [0, 0.05) is 12.0 Å². The largest absolute Gasteiger partial charge is 0.507 e. The molecule has 4 aromatic rings. The van der Waals surface area contributed by atoms with Crippen LogP contribution in [-0.4, -0.2) is 35.0 Å². The number of thiazole rings is 1. The maximum atomic E-state index is 13.5. The number of benzene rings is 3. The Kier molecular flexibility index (Phi) is 6.06. The highest BCUT2D eigenvalue weighted by Crippen LogP contribution is 2.46. The van der Waals surface area contributed by atoms with E-state index in [0.717, 1.165) is 16.0 Å². The van der Waals surface area contributed by atoms with Crippen LogP contribution in [0, 0.1) is 0 Å². The Morgan fingerprint density at radius 1 is 1.11 bits per heavy atom. The number of fused-ring (bicyclic) bond motifs is 2. The number of nitrogens with zero attached hydrogens (tertiary/aromatic N) is 2. The lowest BCUT2D eigenvalue weighted by Crippen LogP contribution is -2.29. The second kappa shape index (κ2) is 9.31. The van der Waals surface area contributed by atoms with Crippen LogP contribution >= 0.6 is 34.5 Å². The van der Waals surface area contributed by atoms with Crippen LogP contribution in [0.3, 0.4) is 0 Å². The summed E-state index contributed by atoms with van der Waals surface area (Å²) >= 11 is 13.7. The monoisotopic (exact) mass is 566 g/mol. The molecular weight excluding hydrogens is 547 g/mol. The minimum Gasteiger partial charge on any atom is -0.507 e. The molecule has 7 nitrogen and oxygen atoms in total. The maximum absolute atomic E-state index is 13.5. The molecule has 6 rings (SSSR count). The summed E-state index contributed by atoms with van der Waals surface area (Å²) in [7, 11) is 1.57. The topological polar surface area (TPSA) is 89.0 Å². The van der Waals surface area contributed by atoms with E-state index in [0.29, 0.717) is 39.0 Å². The molecule has 2 aliphatic rings. The number of aliphatic hydroxyl groups excluding tert-OH is 1. The number of Topliss-reactive ketones (excluding diaryl/α,β-unsaturated/α-hetero) is 1. The number of amides is 1. The molecule has 0 unspecified atom stereocenters. The number of rotatable bonds is 4. The Labute approximate surface area is 231 Å². The van der Waals surface area contributed by atoms with Gasteiger partial charge in [0.25, 0.3) is 5.78 Å². The number of carbonyl (C=O) groups excluding carboxylic acids is 2. The summed E-state index contributed by atoms with van der Waals surface area (Å²) in [5, 5.41) is 12.4. The Bertz CT molecular complexity index is 1680. The summed E-state index contributed by atoms with van der Waals surface area (Å²) < 4.78 is 11.9. The molecule has 0 radical (unpaired) electrons. The second-order valence-electron chi connectivity index (χ2n) is 9.13. The van der Waals surface area contributed by atoms with Gasteiger partial charge in [-0.2, -0.15) is 0 Å². The minimum atomic E-state index is -0.976. The summed E-state index contributed by atoms with van der Waals surface area (Å²) in [5.41, 5.74) is 2.43. The predicted molar refractivity (Wildman–Crippen MR) is 148 cm³/mol. The second-order valence-corrected chi connectivity index (χ2v) is 11.0. The number of ether oxygens (including phenoxy) is 2. The molecule has 38 heavy (non-hydrogen) atoms. The van der Waals surface area contributed by atoms with Crippen LogP contribution in [0.4, 0.5) is 5.13 Å². The zero-order valence-electron chi connectivity index (χ0n) is 20.2. The van der Waals surface area contributed by atoms with E-state index < -0.39 is 17.7 Å². The molecule has 3 aromatic carbocycles. The number of carbonyl (C=O) groups is 2. The Hall–Kier alpha value is -3.59. The number of hydrogen-bond donors (Lipinski definition) is 1. The fourth-order valence-corrected chi connectivity index (χ4v) is 6.20. The van der Waals surface area contributed by atoms with Gasteiger partial charge in [0.2, 0.25) is 0 Å². The Morgan fingerprint density at radius 2 is 1.92 bits per heavy atom. The third kappa shape index (κ3) is 4.00. The highest BCUT2D eigenvalue weighted by Gasteiger charge is 2.48. The van der Waals surface area contributed by atoms with Crippen molar-refractivity contribution in [3.8, 4) is 11.5 Å². The highest BCUT2D eigenvalue weighted by molar-refractivity contribution is 7.22. The van der Waals surface area contributed by atoms with Gasteiger partial charge in [-0.25, -0.2) is 4.98 Å². The molecule has 0 spiro atoms. The average molecular weight is 567 g/mol. The molecule has 0 saturated carbocycles. The van der Waals surface area contributed by atoms with Crippen LogP contribution < -0.4 is 14.4 Å². The number of halogens is 2. The van der Waals surface area contributed by atoms with E-state index in [2.05, 4.69) is 4.98 Å². The van der Waals surface area contributed by atoms with Gasteiger partial charge in [-0.1, -0.05) is 40.6 Å². The Morgan fingerprint density at radius 3 is 2.68 bits per heavy atom. The molecular formula is C28H20Cl2N2O5S. The molecule has 0 bridgehead atoms. The van der Waals surface area contributed by atoms with E-state index in [1.165, 1.54) is 16.2 Å². The standard InChI is InChI=1S/C28H20Cl2N2O5S/c1-13-9-16-10-15(4-8-21(16)37-13)25(33)23-24(14-3-6-18(29)19(30)11-14)32(27(35)26(23)34)28-31-20-7-5-17(36-2)12-22(20)38-28/h3-8,10-13,24,33H,9H2,1-2H3/t13-,24-/m0/s1. The van der Waals surface area contributed by atoms with Crippen LogP contribution in [0.2, 0.25) is 10.0 Å². The minimum absolute atomic E-state index is 0.0156. The van der Waals surface area contributed by atoms with E-state index in [1.54, 1.807) is 55.6 Å². The third-order valence-corrected chi connectivity index (χ3v) is 8.42. The van der Waals surface area contributed by atoms with Crippen LogP contribution in [-0.2, 0) is 16.0 Å². The molecule has 2 aliphatic heterocycles. The lowest BCUT2D eigenvalue weighted by molar-refractivity contribution is -0.132. The van der Waals surface area contributed by atoms with Gasteiger partial charge >= 0.3 is 5.91 Å². The first kappa shape index (κ1) is 24.7. The molecule has 192 valence electrons. The van der Waals surface area contributed by atoms with E-state index in [1.807, 2.05) is 13.0 Å². The number of aliphatic hydroxyl groups is 1. The van der Waals surface area contributed by atoms with Gasteiger partial charge in [0.15, 0.2) is 5.13 Å². The first-order valence-electron chi connectivity index (χ1n) is 11.8. The molecule has 1 fully saturated rings. The molecule has 1 aromatic heterocycles. The van der Waals surface area contributed by atoms with Gasteiger partial charge in [-0.3, -0.25) is 14.5 Å². The van der Waals surface area contributed by atoms with Gasteiger partial charge in [0.1, 0.15) is 23.4 Å². The van der Waals surface area contributed by atoms with Crippen molar-refractivity contribution in [3.63, 3.8) is 0 Å². The number of methoxy groups -OCH3 is 1. The van der Waals surface area contributed by atoms with Gasteiger partial charge < -0.3 is 14.6 Å². The van der Waals surface area contributed by atoms with Crippen molar-refractivity contribution in [3.05, 3.63) is 86.9 Å². The summed E-state index contributed by atoms with van der Waals surface area (Å²) in [4.78, 5) is 33.0. The Balaban J connectivity index is 1.54. The summed E-state index contributed by atoms with van der Waals surface area (Å²) in [6.07, 6.45) is 0.692. The smallest absolute Gasteiger partial charge is 0.301 e. The lowest BCUT2D eigenvalue weighted by Gasteiger charge is -2.23. The first-order chi connectivity index (χ1) is 18.2. The van der Waals surface area contributed by atoms with Crippen LogP contribution in [0.1, 0.15) is 29.7 Å². The van der Waals surface area contributed by atoms with Crippen molar-refractivity contribution >= 4 is 67.3 Å². The number of hydrogen-bond acceptors (Lipinski definition) is 7. The van der Waals surface area contributed by atoms with Crippen LogP contribution in [0.5, 0.6) is 11.5 Å². The zero-order valence-corrected chi connectivity index (χ0v) is 22.5. The molecule has 0 aliphatic carbocycles. The number of anilines is 1. The van der Waals surface area contributed by atoms with Crippen molar-refractivity contribution in [2.24, 2.45) is 0 Å². The quantitative estimate of drug-likeness (QED) is 0.171. The average Bonchev–Trinajstić information content (AvgIpc) is 3.57. The van der Waals surface area contributed by atoms with Gasteiger partial charge in [0.05, 0.1) is 39.0 Å². The highest BCUT2D eigenvalue weighted by atomic mass is 35.5. The zero-order chi connectivity index (χ0) is 26.7. The van der Waals surface area contributed by atoms with Crippen LogP contribution in [0.15, 0.2) is 60.2 Å². The first-order valence-corrected chi connectivity index (χ1v) is 13.3. The van der Waals surface area contributed by atoms with E-state index in [-0.39, 0.29) is 22.5 Å². The van der Waals surface area contributed by atoms with Crippen molar-refractivity contribution in [1.29, 1.82) is 0 Å². The molecule has 3 heterocycles. The lowest BCUT2D eigenvalue weighted by atomic mass is 9.94. The summed E-state index contributed by atoms with van der Waals surface area (Å²) in [5.74, 6) is -0.523. The third-order valence-electron chi connectivity index (χ3n) is 6.66. The predicted octanol–water partition coefficient (Wildman–Crippen LogP) is 6.56. The summed E-state index contributed by atoms with van der Waals surface area (Å²) in [6.45, 7) is 1.96. The molecule has 1 saturated heterocycles. The van der Waals surface area contributed by atoms with Crippen molar-refractivity contribution in [2.45, 2.75) is 25.5 Å². The summed E-state index contributed by atoms with van der Waals surface area (Å²) in [6, 6.07) is 14.5. The fraction of sp³-hybridized carbons (Fsp3) is 0.179. The van der Waals surface area contributed by atoms with Crippen molar-refractivity contribution in [2.75, 3.05) is 12.0 Å². The van der Waals surface area contributed by atoms with Crippen LogP contribution in [0.25, 0.3) is 16.0 Å². The number of aromatic nitrogens is 1. The van der Waals surface area contributed by atoms with E-state index >= 15 is 0 Å². The molecule has 2 atom stereocenters. The normalized spacial score (nSPS) is 20.2. The SMILES string of the molecule is COc1ccc2nc(N3C(=O)C(=O)C(=C(O)c4ccc5c(c4)C[C@H](C)O5)[C@@H]3c3ccc(Cl)c(Cl)c3)sc2c1. The van der Waals surface area contributed by atoms with Crippen molar-refractivity contribution < 1.29 is 24.2 Å². The fourth-order valence-electron chi connectivity index (χ4n) is 4.88. The van der Waals surface area contributed by atoms with Gasteiger partial charge in [-0.15, -0.1) is 0 Å². The molecule has 10 heteroatoms. The van der Waals surface area contributed by atoms with E-state index in [9.17, 15) is 14.7 Å². The number of ketones is 1. The maximum Gasteiger partial charge on any atom is 0.301 e. The molecule has 1 N–H and O–H groups in total. The van der Waals surface area contributed by atoms with Crippen molar-refractivity contribution in [1.82, 2.24) is 4.98 Å².